The first-order valence-electron chi connectivity index (χ1n) is 10.2. The predicted octanol–water partition coefficient (Wildman–Crippen LogP) is 4.69. The standard InChI is InChI=1S/C22H18F3N5O5S/c1-12-19(20(31)26-2)16-7-6-15(11-17(16)34-12)35-18-8-9-27-21(29-18)28-13-4-3-5-14(10-13)30-36(32,33)22(23,24)25/h3-11,30H,1-2H3,(H,26,31)(H,27,28,29). The van der Waals surface area contributed by atoms with E-state index in [0.717, 1.165) is 12.1 Å². The minimum atomic E-state index is -5.56. The molecule has 0 bridgehead atoms. The predicted molar refractivity (Wildman–Crippen MR) is 125 cm³/mol. The van der Waals surface area contributed by atoms with Crippen molar-refractivity contribution >= 4 is 44.2 Å². The highest BCUT2D eigenvalue weighted by molar-refractivity contribution is 7.93. The molecule has 0 atom stereocenters. The van der Waals surface area contributed by atoms with E-state index in [9.17, 15) is 26.4 Å². The third-order valence-corrected chi connectivity index (χ3v) is 5.93. The lowest BCUT2D eigenvalue weighted by Gasteiger charge is -2.12. The van der Waals surface area contributed by atoms with E-state index in [-0.39, 0.29) is 29.1 Å². The van der Waals surface area contributed by atoms with Crippen molar-refractivity contribution in [1.82, 2.24) is 15.3 Å². The smallest absolute Gasteiger partial charge is 0.460 e. The van der Waals surface area contributed by atoms with Gasteiger partial charge in [-0.3, -0.25) is 9.52 Å². The second-order valence-corrected chi connectivity index (χ2v) is 9.02. The normalized spacial score (nSPS) is 11.8. The number of benzene rings is 2. The van der Waals surface area contributed by atoms with Crippen LogP contribution in [0.25, 0.3) is 11.0 Å². The molecule has 0 aliphatic rings. The van der Waals surface area contributed by atoms with E-state index >= 15 is 0 Å². The van der Waals surface area contributed by atoms with Gasteiger partial charge in [0, 0.05) is 36.5 Å². The summed E-state index contributed by atoms with van der Waals surface area (Å²) in [5, 5.41) is 5.95. The molecule has 36 heavy (non-hydrogen) atoms. The Balaban J connectivity index is 1.52. The van der Waals surface area contributed by atoms with Crippen LogP contribution in [0.4, 0.5) is 30.5 Å². The summed E-state index contributed by atoms with van der Waals surface area (Å²) in [5.41, 5.74) is -4.67. The van der Waals surface area contributed by atoms with E-state index in [1.54, 1.807) is 25.1 Å². The first-order valence-corrected chi connectivity index (χ1v) is 11.7. The lowest BCUT2D eigenvalue weighted by molar-refractivity contribution is -0.0429. The summed E-state index contributed by atoms with van der Waals surface area (Å²) in [7, 11) is -4.04. The maximum absolute atomic E-state index is 12.6. The van der Waals surface area contributed by atoms with Crippen LogP contribution in [0.1, 0.15) is 16.1 Å². The largest absolute Gasteiger partial charge is 0.516 e. The van der Waals surface area contributed by atoms with E-state index in [2.05, 4.69) is 20.6 Å². The number of amides is 1. The molecule has 2 aromatic heterocycles. The molecule has 0 fully saturated rings. The number of anilines is 3. The Kier molecular flexibility index (Phi) is 6.45. The van der Waals surface area contributed by atoms with Crippen LogP contribution < -0.4 is 20.1 Å². The highest BCUT2D eigenvalue weighted by Gasteiger charge is 2.46. The number of rotatable bonds is 7. The number of halogens is 3. The van der Waals surface area contributed by atoms with Gasteiger partial charge in [-0.15, -0.1) is 0 Å². The summed E-state index contributed by atoms with van der Waals surface area (Å²) in [6.07, 6.45) is 1.39. The number of nitrogens with one attached hydrogen (secondary N) is 3. The quantitative estimate of drug-likeness (QED) is 0.319. The number of fused-ring (bicyclic) bond motifs is 1. The van der Waals surface area contributed by atoms with Crippen LogP contribution in [0.5, 0.6) is 11.6 Å². The molecule has 4 rings (SSSR count). The fourth-order valence-corrected chi connectivity index (χ4v) is 3.81. The van der Waals surface area contributed by atoms with E-state index in [4.69, 9.17) is 9.15 Å². The average Bonchev–Trinajstić information content (AvgIpc) is 3.13. The molecule has 188 valence electrons. The molecule has 0 aliphatic carbocycles. The number of carbonyl (C=O) groups excluding carboxylic acids is 1. The van der Waals surface area contributed by atoms with Crippen molar-refractivity contribution in [2.75, 3.05) is 17.1 Å². The molecule has 2 aromatic carbocycles. The Hall–Kier alpha value is -4.33. The molecule has 10 nitrogen and oxygen atoms in total. The number of hydrogen-bond acceptors (Lipinski definition) is 8. The molecule has 0 unspecified atom stereocenters. The first kappa shape index (κ1) is 24.8. The van der Waals surface area contributed by atoms with Gasteiger partial charge in [-0.05, 0) is 37.3 Å². The Morgan fingerprint density at radius 2 is 1.83 bits per heavy atom. The summed E-state index contributed by atoms with van der Waals surface area (Å²) in [6.45, 7) is 1.68. The first-order chi connectivity index (χ1) is 17.0. The van der Waals surface area contributed by atoms with Gasteiger partial charge in [-0.25, -0.2) is 4.98 Å². The van der Waals surface area contributed by atoms with E-state index in [1.165, 1.54) is 36.2 Å². The zero-order valence-electron chi connectivity index (χ0n) is 18.7. The van der Waals surface area contributed by atoms with Crippen molar-refractivity contribution in [3.05, 3.63) is 66.1 Å². The molecule has 14 heteroatoms. The van der Waals surface area contributed by atoms with Gasteiger partial charge >= 0.3 is 15.5 Å². The minimum absolute atomic E-state index is 0.0418. The van der Waals surface area contributed by atoms with Crippen LogP contribution in [0.2, 0.25) is 0 Å². The van der Waals surface area contributed by atoms with Gasteiger partial charge in [-0.1, -0.05) is 6.07 Å². The average molecular weight is 521 g/mol. The Bertz CT molecular complexity index is 1550. The van der Waals surface area contributed by atoms with Gasteiger partial charge in [0.15, 0.2) is 0 Å². The summed E-state index contributed by atoms with van der Waals surface area (Å²) in [5.74, 6) is 0.722. The topological polar surface area (TPSA) is 135 Å². The van der Waals surface area contributed by atoms with E-state index in [0.29, 0.717) is 28.0 Å². The molecule has 0 saturated heterocycles. The van der Waals surface area contributed by atoms with E-state index in [1.807, 2.05) is 0 Å². The molecular formula is C22H18F3N5O5S. The number of sulfonamides is 1. The second kappa shape index (κ2) is 9.37. The number of ether oxygens (including phenoxy) is 1. The SMILES string of the molecule is CNC(=O)c1c(C)oc2cc(Oc3ccnc(Nc4cccc(NS(=O)(=O)C(F)(F)F)c4)n3)ccc12. The maximum Gasteiger partial charge on any atom is 0.516 e. The maximum atomic E-state index is 12.6. The summed E-state index contributed by atoms with van der Waals surface area (Å²) >= 11 is 0. The Labute approximate surface area is 202 Å². The number of hydrogen-bond donors (Lipinski definition) is 3. The summed E-state index contributed by atoms with van der Waals surface area (Å²) in [6, 6.07) is 11.5. The van der Waals surface area contributed by atoms with Gasteiger partial charge in [0.05, 0.1) is 11.3 Å². The summed E-state index contributed by atoms with van der Waals surface area (Å²) < 4.78 is 73.4. The molecule has 2 heterocycles. The molecule has 0 saturated carbocycles. The highest BCUT2D eigenvalue weighted by atomic mass is 32.2. The van der Waals surface area contributed by atoms with Crippen LogP contribution in [0, 0.1) is 6.92 Å². The molecule has 0 radical (unpaired) electrons. The zero-order chi connectivity index (χ0) is 26.1. The third-order valence-electron chi connectivity index (χ3n) is 4.82. The number of aromatic nitrogens is 2. The van der Waals surface area contributed by atoms with Crippen molar-refractivity contribution < 1.29 is 35.5 Å². The van der Waals surface area contributed by atoms with Crippen molar-refractivity contribution in [2.24, 2.45) is 0 Å². The van der Waals surface area contributed by atoms with Gasteiger partial charge in [0.1, 0.15) is 17.1 Å². The number of carbonyl (C=O) groups is 1. The number of alkyl halides is 3. The second-order valence-electron chi connectivity index (χ2n) is 7.35. The number of aryl methyl sites for hydroxylation is 1. The van der Waals surface area contributed by atoms with Crippen molar-refractivity contribution in [1.29, 1.82) is 0 Å². The Morgan fingerprint density at radius 1 is 1.08 bits per heavy atom. The number of furan rings is 1. The molecule has 1 amide bonds. The van der Waals surface area contributed by atoms with Crippen LogP contribution in [0.15, 0.2) is 59.1 Å². The lowest BCUT2D eigenvalue weighted by atomic mass is 10.1. The monoisotopic (exact) mass is 521 g/mol. The van der Waals surface area contributed by atoms with Gasteiger partial charge < -0.3 is 19.8 Å². The van der Waals surface area contributed by atoms with Crippen LogP contribution in [0.3, 0.4) is 0 Å². The molecule has 0 spiro atoms. The summed E-state index contributed by atoms with van der Waals surface area (Å²) in [4.78, 5) is 20.3. The van der Waals surface area contributed by atoms with E-state index < -0.39 is 15.5 Å². The molecular weight excluding hydrogens is 503 g/mol. The lowest BCUT2D eigenvalue weighted by Crippen LogP contribution is -2.29. The van der Waals surface area contributed by atoms with Crippen LogP contribution >= 0.6 is 0 Å². The van der Waals surface area contributed by atoms with Crippen molar-refractivity contribution in [3.8, 4) is 11.6 Å². The Morgan fingerprint density at radius 3 is 2.56 bits per heavy atom. The molecule has 0 aliphatic heterocycles. The van der Waals surface area contributed by atoms with Gasteiger partial charge in [0.2, 0.25) is 11.8 Å². The fourth-order valence-electron chi connectivity index (χ4n) is 3.25. The zero-order valence-corrected chi connectivity index (χ0v) is 19.5. The minimum Gasteiger partial charge on any atom is -0.460 e. The third kappa shape index (κ3) is 5.17. The van der Waals surface area contributed by atoms with Crippen molar-refractivity contribution in [2.45, 2.75) is 12.4 Å². The molecule has 4 aromatic rings. The fraction of sp³-hybridized carbons (Fsp3) is 0.136. The van der Waals surface area contributed by atoms with Crippen molar-refractivity contribution in [3.63, 3.8) is 0 Å². The number of nitrogens with zero attached hydrogens (tertiary/aromatic N) is 2. The van der Waals surface area contributed by atoms with Crippen LogP contribution in [-0.2, 0) is 10.0 Å². The van der Waals surface area contributed by atoms with Gasteiger partial charge in [0.25, 0.3) is 5.91 Å². The highest BCUT2D eigenvalue weighted by Crippen LogP contribution is 2.31. The van der Waals surface area contributed by atoms with Crippen LogP contribution in [-0.4, -0.2) is 36.8 Å². The molecule has 3 N–H and O–H groups in total. The van der Waals surface area contributed by atoms with Gasteiger partial charge in [-0.2, -0.15) is 26.6 Å².